The predicted molar refractivity (Wildman–Crippen MR) is 113 cm³/mol. The monoisotopic (exact) mass is 447 g/mol. The maximum Gasteiger partial charge on any atom is 0.306 e. The van der Waals surface area contributed by atoms with Gasteiger partial charge in [0.15, 0.2) is 6.61 Å². The van der Waals surface area contributed by atoms with Crippen molar-refractivity contribution in [1.82, 2.24) is 10.9 Å². The summed E-state index contributed by atoms with van der Waals surface area (Å²) in [4.78, 5) is 47.2. The van der Waals surface area contributed by atoms with Gasteiger partial charge in [0, 0.05) is 23.4 Å². The molecular formula is C21H22ClN3O6. The number of carbonyl (C=O) groups is 4. The standard InChI is InChI=1S/C21H22ClN3O6/c1-30-17-11-10-15(22)12-16(17)23-18(26)8-5-9-20(28)31-13-19(27)24-25-21(29)14-6-3-2-4-7-14/h2-4,6-7,10-12H,5,8-9,13H2,1H3,(H,23,26)(H,24,27)(H,25,29). The van der Waals surface area contributed by atoms with E-state index in [9.17, 15) is 19.2 Å². The molecule has 0 aliphatic carbocycles. The molecule has 0 unspecified atom stereocenters. The lowest BCUT2D eigenvalue weighted by molar-refractivity contribution is -0.148. The molecule has 0 aliphatic heterocycles. The summed E-state index contributed by atoms with van der Waals surface area (Å²) in [5.74, 6) is -1.69. The molecule has 0 saturated heterocycles. The van der Waals surface area contributed by atoms with Gasteiger partial charge in [-0.2, -0.15) is 0 Å². The van der Waals surface area contributed by atoms with Crippen LogP contribution in [0.5, 0.6) is 5.75 Å². The Bertz CT molecular complexity index is 936. The summed E-state index contributed by atoms with van der Waals surface area (Å²) in [6.45, 7) is -0.556. The quantitative estimate of drug-likeness (QED) is 0.401. The van der Waals surface area contributed by atoms with Crippen LogP contribution in [0.3, 0.4) is 0 Å². The molecule has 0 spiro atoms. The Labute approximate surface area is 184 Å². The first-order chi connectivity index (χ1) is 14.9. The van der Waals surface area contributed by atoms with Gasteiger partial charge < -0.3 is 14.8 Å². The molecule has 0 atom stereocenters. The van der Waals surface area contributed by atoms with Crippen LogP contribution in [-0.2, 0) is 19.1 Å². The van der Waals surface area contributed by atoms with E-state index in [1.165, 1.54) is 7.11 Å². The van der Waals surface area contributed by atoms with Crippen molar-refractivity contribution in [3.05, 3.63) is 59.1 Å². The predicted octanol–water partition coefficient (Wildman–Crippen LogP) is 2.46. The van der Waals surface area contributed by atoms with E-state index in [1.54, 1.807) is 48.5 Å². The highest BCUT2D eigenvalue weighted by atomic mass is 35.5. The van der Waals surface area contributed by atoms with Gasteiger partial charge in [0.25, 0.3) is 11.8 Å². The second-order valence-corrected chi connectivity index (χ2v) is 6.71. The normalized spacial score (nSPS) is 10.0. The van der Waals surface area contributed by atoms with Crippen molar-refractivity contribution in [2.24, 2.45) is 0 Å². The Morgan fingerprint density at radius 3 is 2.39 bits per heavy atom. The van der Waals surface area contributed by atoms with Gasteiger partial charge in [0.2, 0.25) is 5.91 Å². The van der Waals surface area contributed by atoms with Crippen LogP contribution in [-0.4, -0.2) is 37.4 Å². The fraction of sp³-hybridized carbons (Fsp3) is 0.238. The average molecular weight is 448 g/mol. The molecule has 0 fully saturated rings. The molecule has 164 valence electrons. The zero-order valence-electron chi connectivity index (χ0n) is 16.8. The summed E-state index contributed by atoms with van der Waals surface area (Å²) in [6, 6.07) is 13.1. The van der Waals surface area contributed by atoms with Crippen LogP contribution < -0.4 is 20.9 Å². The number of anilines is 1. The highest BCUT2D eigenvalue weighted by molar-refractivity contribution is 6.31. The maximum atomic E-state index is 12.0. The number of amides is 3. The molecule has 0 aromatic heterocycles. The highest BCUT2D eigenvalue weighted by Gasteiger charge is 2.12. The highest BCUT2D eigenvalue weighted by Crippen LogP contribution is 2.27. The van der Waals surface area contributed by atoms with Gasteiger partial charge in [-0.15, -0.1) is 0 Å². The van der Waals surface area contributed by atoms with Crippen LogP contribution in [0.25, 0.3) is 0 Å². The number of esters is 1. The molecule has 2 aromatic carbocycles. The van der Waals surface area contributed by atoms with Gasteiger partial charge in [-0.05, 0) is 36.8 Å². The molecule has 0 saturated carbocycles. The fourth-order valence-electron chi connectivity index (χ4n) is 2.43. The number of benzene rings is 2. The van der Waals surface area contributed by atoms with E-state index in [0.29, 0.717) is 22.0 Å². The van der Waals surface area contributed by atoms with Crippen LogP contribution in [0, 0.1) is 0 Å². The van der Waals surface area contributed by atoms with Crippen LogP contribution in [0.4, 0.5) is 5.69 Å². The molecule has 3 amide bonds. The zero-order chi connectivity index (χ0) is 22.6. The van der Waals surface area contributed by atoms with Gasteiger partial charge in [0.1, 0.15) is 5.75 Å². The molecular weight excluding hydrogens is 426 g/mol. The Morgan fingerprint density at radius 2 is 1.68 bits per heavy atom. The molecule has 3 N–H and O–H groups in total. The average Bonchev–Trinajstić information content (AvgIpc) is 2.76. The van der Waals surface area contributed by atoms with Gasteiger partial charge in [0.05, 0.1) is 12.8 Å². The van der Waals surface area contributed by atoms with Gasteiger partial charge in [-0.3, -0.25) is 30.0 Å². The number of nitrogens with one attached hydrogen (secondary N) is 3. The summed E-state index contributed by atoms with van der Waals surface area (Å²) in [6.07, 6.45) is 0.230. The number of rotatable bonds is 9. The van der Waals surface area contributed by atoms with E-state index < -0.39 is 24.4 Å². The smallest absolute Gasteiger partial charge is 0.306 e. The summed E-state index contributed by atoms with van der Waals surface area (Å²) >= 11 is 5.91. The molecule has 0 heterocycles. The molecule has 10 heteroatoms. The van der Waals surface area contributed by atoms with E-state index >= 15 is 0 Å². The summed E-state index contributed by atoms with van der Waals surface area (Å²) < 4.78 is 9.97. The Balaban J connectivity index is 1.63. The Hall–Kier alpha value is -3.59. The third kappa shape index (κ3) is 8.35. The summed E-state index contributed by atoms with van der Waals surface area (Å²) in [5, 5.41) is 3.10. The lowest BCUT2D eigenvalue weighted by Gasteiger charge is -2.10. The lowest BCUT2D eigenvalue weighted by Crippen LogP contribution is -2.43. The zero-order valence-corrected chi connectivity index (χ0v) is 17.5. The minimum Gasteiger partial charge on any atom is -0.495 e. The molecule has 0 aliphatic rings. The van der Waals surface area contributed by atoms with Crippen molar-refractivity contribution in [1.29, 1.82) is 0 Å². The van der Waals surface area contributed by atoms with E-state index in [2.05, 4.69) is 16.2 Å². The second kappa shape index (κ2) is 12.2. The van der Waals surface area contributed by atoms with Crippen LogP contribution >= 0.6 is 11.6 Å². The number of hydrogen-bond acceptors (Lipinski definition) is 6. The third-order valence-electron chi connectivity index (χ3n) is 3.94. The third-order valence-corrected chi connectivity index (χ3v) is 4.17. The number of hydrazine groups is 1. The van der Waals surface area contributed by atoms with Crippen molar-refractivity contribution in [2.75, 3.05) is 19.0 Å². The number of carbonyl (C=O) groups excluding carboxylic acids is 4. The first-order valence-electron chi connectivity index (χ1n) is 9.32. The van der Waals surface area contributed by atoms with Crippen LogP contribution in [0.2, 0.25) is 5.02 Å². The van der Waals surface area contributed by atoms with Gasteiger partial charge in [-0.25, -0.2) is 0 Å². The Morgan fingerprint density at radius 1 is 0.935 bits per heavy atom. The molecule has 0 bridgehead atoms. The van der Waals surface area contributed by atoms with Crippen molar-refractivity contribution in [3.63, 3.8) is 0 Å². The van der Waals surface area contributed by atoms with Crippen molar-refractivity contribution in [3.8, 4) is 5.75 Å². The van der Waals surface area contributed by atoms with Crippen molar-refractivity contribution in [2.45, 2.75) is 19.3 Å². The van der Waals surface area contributed by atoms with Crippen LogP contribution in [0.1, 0.15) is 29.6 Å². The van der Waals surface area contributed by atoms with Gasteiger partial charge in [-0.1, -0.05) is 29.8 Å². The Kier molecular flexibility index (Phi) is 9.31. The van der Waals surface area contributed by atoms with E-state index in [1.807, 2.05) is 0 Å². The molecule has 2 aromatic rings. The molecule has 31 heavy (non-hydrogen) atoms. The topological polar surface area (TPSA) is 123 Å². The lowest BCUT2D eigenvalue weighted by atomic mass is 10.2. The number of methoxy groups -OCH3 is 1. The van der Waals surface area contributed by atoms with Gasteiger partial charge >= 0.3 is 5.97 Å². The first-order valence-corrected chi connectivity index (χ1v) is 9.70. The SMILES string of the molecule is COc1ccc(Cl)cc1NC(=O)CCCC(=O)OCC(=O)NNC(=O)c1ccccc1. The van der Waals surface area contributed by atoms with E-state index in [-0.39, 0.29) is 25.2 Å². The maximum absolute atomic E-state index is 12.0. The second-order valence-electron chi connectivity index (χ2n) is 6.28. The number of hydrogen-bond donors (Lipinski definition) is 3. The fourth-order valence-corrected chi connectivity index (χ4v) is 2.60. The molecule has 9 nitrogen and oxygen atoms in total. The molecule has 2 rings (SSSR count). The van der Waals surface area contributed by atoms with Crippen LogP contribution in [0.15, 0.2) is 48.5 Å². The minimum atomic E-state index is -0.691. The molecule has 0 radical (unpaired) electrons. The van der Waals surface area contributed by atoms with E-state index in [0.717, 1.165) is 0 Å². The minimum absolute atomic E-state index is 0.0518. The van der Waals surface area contributed by atoms with E-state index in [4.69, 9.17) is 21.1 Å². The number of ether oxygens (including phenoxy) is 2. The first kappa shape index (κ1) is 23.7. The van der Waals surface area contributed by atoms with Crippen molar-refractivity contribution < 1.29 is 28.7 Å². The van der Waals surface area contributed by atoms with Crippen molar-refractivity contribution >= 4 is 41.0 Å². The largest absolute Gasteiger partial charge is 0.495 e. The number of halogens is 1. The summed E-state index contributed by atoms with van der Waals surface area (Å²) in [7, 11) is 1.47. The summed E-state index contributed by atoms with van der Waals surface area (Å²) in [5.41, 5.74) is 5.16.